The molecule has 0 radical (unpaired) electrons. The lowest BCUT2D eigenvalue weighted by Crippen LogP contribution is -2.21. The average Bonchev–Trinajstić information content (AvgIpc) is 2.67. The Morgan fingerprint density at radius 1 is 0.929 bits per heavy atom. The van der Waals surface area contributed by atoms with E-state index in [0.717, 1.165) is 0 Å². The monoisotopic (exact) mass is 384 g/mol. The summed E-state index contributed by atoms with van der Waals surface area (Å²) in [7, 11) is 0. The van der Waals surface area contributed by atoms with E-state index in [0.29, 0.717) is 22.6 Å². The molecule has 2 rings (SSSR count). The molecule has 0 saturated carbocycles. The molecule has 0 aliphatic heterocycles. The highest BCUT2D eigenvalue weighted by Gasteiger charge is 2.09. The van der Waals surface area contributed by atoms with Crippen LogP contribution in [-0.2, 0) is 14.3 Å². The van der Waals surface area contributed by atoms with E-state index < -0.39 is 24.4 Å². The Labute approximate surface area is 161 Å². The Hall–Kier alpha value is -3.68. The van der Waals surface area contributed by atoms with Crippen molar-refractivity contribution in [3.8, 4) is 5.75 Å². The van der Waals surface area contributed by atoms with Crippen LogP contribution in [0.15, 0.2) is 48.5 Å². The number of nitrogens with two attached hydrogens (primary N) is 1. The predicted octanol–water partition coefficient (Wildman–Crippen LogP) is 1.94. The van der Waals surface area contributed by atoms with E-state index in [4.69, 9.17) is 15.2 Å². The fourth-order valence-electron chi connectivity index (χ4n) is 2.17. The van der Waals surface area contributed by atoms with E-state index in [1.165, 1.54) is 31.2 Å². The summed E-state index contributed by atoms with van der Waals surface area (Å²) in [6.07, 6.45) is -0.0327. The van der Waals surface area contributed by atoms with Crippen molar-refractivity contribution in [1.82, 2.24) is 0 Å². The quantitative estimate of drug-likeness (QED) is 0.503. The molecular weight excluding hydrogens is 364 g/mol. The minimum absolute atomic E-state index is 0.0327. The van der Waals surface area contributed by atoms with Gasteiger partial charge in [-0.2, -0.15) is 0 Å². The second kappa shape index (κ2) is 9.86. The van der Waals surface area contributed by atoms with Crippen LogP contribution in [0.25, 0.3) is 0 Å². The van der Waals surface area contributed by atoms with Gasteiger partial charge >= 0.3 is 5.97 Å². The molecule has 0 atom stereocenters. The molecule has 8 nitrogen and oxygen atoms in total. The van der Waals surface area contributed by atoms with Crippen LogP contribution in [0, 0.1) is 0 Å². The minimum Gasteiger partial charge on any atom is -0.493 e. The molecule has 0 aliphatic carbocycles. The number of hydrogen-bond donors (Lipinski definition) is 2. The van der Waals surface area contributed by atoms with Crippen LogP contribution in [0.4, 0.5) is 5.69 Å². The lowest BCUT2D eigenvalue weighted by Gasteiger charge is -2.08. The summed E-state index contributed by atoms with van der Waals surface area (Å²) in [5.74, 6) is -1.18. The number of rotatable bonds is 9. The Bertz CT molecular complexity index is 859. The summed E-state index contributed by atoms with van der Waals surface area (Å²) in [6, 6.07) is 12.5. The minimum atomic E-state index is -0.584. The number of nitrogens with one attached hydrogen (secondary N) is 1. The maximum Gasteiger partial charge on any atom is 0.309 e. The molecule has 2 aromatic rings. The third kappa shape index (κ3) is 6.56. The number of ether oxygens (including phenoxy) is 2. The first-order valence-corrected chi connectivity index (χ1v) is 8.44. The first-order valence-electron chi connectivity index (χ1n) is 8.44. The average molecular weight is 384 g/mol. The molecule has 0 saturated heterocycles. The van der Waals surface area contributed by atoms with Crippen LogP contribution in [0.2, 0.25) is 0 Å². The van der Waals surface area contributed by atoms with Crippen molar-refractivity contribution in [2.75, 3.05) is 18.5 Å². The van der Waals surface area contributed by atoms with Gasteiger partial charge < -0.3 is 20.5 Å². The molecular formula is C20H20N2O6. The van der Waals surface area contributed by atoms with Crippen molar-refractivity contribution in [2.45, 2.75) is 13.3 Å². The van der Waals surface area contributed by atoms with Crippen LogP contribution in [0.5, 0.6) is 5.75 Å². The van der Waals surface area contributed by atoms with E-state index in [2.05, 4.69) is 5.32 Å². The SMILES string of the molecule is CC(=O)c1ccc(OCCC(=O)OCC(=O)Nc2ccc(C(N)=O)cc2)cc1. The third-order valence-electron chi connectivity index (χ3n) is 3.65. The van der Waals surface area contributed by atoms with E-state index in [9.17, 15) is 19.2 Å². The van der Waals surface area contributed by atoms with Crippen LogP contribution in [0.3, 0.4) is 0 Å². The van der Waals surface area contributed by atoms with Crippen molar-refractivity contribution in [2.24, 2.45) is 5.73 Å². The van der Waals surface area contributed by atoms with Gasteiger partial charge in [-0.15, -0.1) is 0 Å². The number of Topliss-reactive ketones (excluding diaryl/α,β-unsaturated/α-hetero) is 1. The van der Waals surface area contributed by atoms with Gasteiger partial charge in [-0.3, -0.25) is 19.2 Å². The number of anilines is 1. The van der Waals surface area contributed by atoms with Crippen molar-refractivity contribution in [1.29, 1.82) is 0 Å². The first-order chi connectivity index (χ1) is 13.3. The van der Waals surface area contributed by atoms with Gasteiger partial charge in [0.05, 0.1) is 13.0 Å². The van der Waals surface area contributed by atoms with E-state index in [-0.39, 0.29) is 18.8 Å². The van der Waals surface area contributed by atoms with Gasteiger partial charge in [-0.05, 0) is 55.5 Å². The Morgan fingerprint density at radius 3 is 2.11 bits per heavy atom. The van der Waals surface area contributed by atoms with Crippen LogP contribution in [0.1, 0.15) is 34.1 Å². The third-order valence-corrected chi connectivity index (χ3v) is 3.65. The number of carbonyl (C=O) groups excluding carboxylic acids is 4. The predicted molar refractivity (Wildman–Crippen MR) is 101 cm³/mol. The second-order valence-electron chi connectivity index (χ2n) is 5.83. The number of benzene rings is 2. The lowest BCUT2D eigenvalue weighted by molar-refractivity contribution is -0.147. The highest BCUT2D eigenvalue weighted by Crippen LogP contribution is 2.13. The molecule has 0 spiro atoms. The Kier molecular flexibility index (Phi) is 7.27. The number of primary amides is 1. The van der Waals surface area contributed by atoms with E-state index >= 15 is 0 Å². The molecule has 3 N–H and O–H groups in total. The largest absolute Gasteiger partial charge is 0.493 e. The zero-order valence-electron chi connectivity index (χ0n) is 15.3. The molecule has 2 amide bonds. The molecule has 2 aromatic carbocycles. The van der Waals surface area contributed by atoms with Crippen LogP contribution in [-0.4, -0.2) is 36.8 Å². The maximum absolute atomic E-state index is 11.8. The van der Waals surface area contributed by atoms with Crippen molar-refractivity contribution >= 4 is 29.3 Å². The number of carbonyl (C=O) groups is 4. The van der Waals surface area contributed by atoms with Gasteiger partial charge in [-0.25, -0.2) is 0 Å². The van der Waals surface area contributed by atoms with Gasteiger partial charge in [0.15, 0.2) is 12.4 Å². The molecule has 0 aromatic heterocycles. The van der Waals surface area contributed by atoms with Gasteiger partial charge in [0.1, 0.15) is 5.75 Å². The maximum atomic E-state index is 11.8. The fourth-order valence-corrected chi connectivity index (χ4v) is 2.17. The number of hydrogen-bond acceptors (Lipinski definition) is 6. The zero-order valence-corrected chi connectivity index (χ0v) is 15.3. The molecule has 28 heavy (non-hydrogen) atoms. The summed E-state index contributed by atoms with van der Waals surface area (Å²) in [5.41, 5.74) is 6.47. The lowest BCUT2D eigenvalue weighted by atomic mass is 10.1. The second-order valence-corrected chi connectivity index (χ2v) is 5.83. The topological polar surface area (TPSA) is 125 Å². The molecule has 0 fully saturated rings. The highest BCUT2D eigenvalue weighted by molar-refractivity contribution is 5.95. The van der Waals surface area contributed by atoms with Crippen molar-refractivity contribution in [3.05, 3.63) is 59.7 Å². The summed E-state index contributed by atoms with van der Waals surface area (Å²) in [6.45, 7) is 1.11. The normalized spacial score (nSPS) is 10.0. The smallest absolute Gasteiger partial charge is 0.309 e. The van der Waals surface area contributed by atoms with Crippen LogP contribution >= 0.6 is 0 Å². The standard InChI is InChI=1S/C20H20N2O6/c1-13(23)14-4-8-17(9-5-14)27-11-10-19(25)28-12-18(24)22-16-6-2-15(3-7-16)20(21)26/h2-9H,10-12H2,1H3,(H2,21,26)(H,22,24). The summed E-state index contributed by atoms with van der Waals surface area (Å²) < 4.78 is 10.3. The molecule has 8 heteroatoms. The van der Waals surface area contributed by atoms with Crippen molar-refractivity contribution in [3.63, 3.8) is 0 Å². The van der Waals surface area contributed by atoms with Gasteiger partial charge in [-0.1, -0.05) is 0 Å². The Morgan fingerprint density at radius 2 is 1.54 bits per heavy atom. The molecule has 0 heterocycles. The number of esters is 1. The number of ketones is 1. The molecule has 146 valence electrons. The van der Waals surface area contributed by atoms with Gasteiger partial charge in [0.25, 0.3) is 5.91 Å². The summed E-state index contributed by atoms with van der Waals surface area (Å²) in [5, 5.41) is 2.53. The van der Waals surface area contributed by atoms with E-state index in [1.54, 1.807) is 24.3 Å². The first kappa shape index (κ1) is 20.6. The van der Waals surface area contributed by atoms with Gasteiger partial charge in [0.2, 0.25) is 5.91 Å². The number of amides is 2. The fraction of sp³-hybridized carbons (Fsp3) is 0.200. The molecule has 0 unspecified atom stereocenters. The summed E-state index contributed by atoms with van der Waals surface area (Å²) >= 11 is 0. The zero-order chi connectivity index (χ0) is 20.5. The molecule has 0 aliphatic rings. The van der Waals surface area contributed by atoms with Gasteiger partial charge in [0, 0.05) is 16.8 Å². The summed E-state index contributed by atoms with van der Waals surface area (Å²) in [4.78, 5) is 45.6. The molecule has 0 bridgehead atoms. The van der Waals surface area contributed by atoms with E-state index in [1.807, 2.05) is 0 Å². The Balaban J connectivity index is 1.68. The van der Waals surface area contributed by atoms with Crippen molar-refractivity contribution < 1.29 is 28.7 Å². The highest BCUT2D eigenvalue weighted by atomic mass is 16.5. The van der Waals surface area contributed by atoms with Crippen LogP contribution < -0.4 is 15.8 Å².